The third-order valence-electron chi connectivity index (χ3n) is 2.52. The molecule has 2 aromatic rings. The van der Waals surface area contributed by atoms with E-state index in [9.17, 15) is 18.0 Å². The number of amides is 1. The first-order chi connectivity index (χ1) is 10.3. The zero-order valence-electron chi connectivity index (χ0n) is 11.7. The second kappa shape index (κ2) is 6.04. The Hall–Kier alpha value is -2.58. The number of nitrogens with zero attached hydrogens (tertiary/aromatic N) is 2. The van der Waals surface area contributed by atoms with Gasteiger partial charge in [0.25, 0.3) is 0 Å². The van der Waals surface area contributed by atoms with Gasteiger partial charge >= 0.3 is 12.1 Å². The average Bonchev–Trinajstić information content (AvgIpc) is 2.90. The Morgan fingerprint density at radius 3 is 2.68 bits per heavy atom. The molecule has 0 aliphatic carbocycles. The van der Waals surface area contributed by atoms with Gasteiger partial charge in [0.05, 0.1) is 12.3 Å². The zero-order chi connectivity index (χ0) is 16.3. The number of ether oxygens (including phenoxy) is 1. The molecule has 0 unspecified atom stereocenters. The van der Waals surface area contributed by atoms with Crippen molar-refractivity contribution in [2.75, 3.05) is 11.9 Å². The molecule has 1 amide bonds. The maximum absolute atomic E-state index is 12.5. The summed E-state index contributed by atoms with van der Waals surface area (Å²) in [7, 11) is 0. The van der Waals surface area contributed by atoms with Crippen LogP contribution in [0.4, 0.5) is 18.9 Å². The van der Waals surface area contributed by atoms with Crippen molar-refractivity contribution in [3.8, 4) is 17.1 Å². The Bertz CT molecular complexity index is 683. The van der Waals surface area contributed by atoms with Crippen LogP contribution in [0.5, 0.6) is 5.75 Å². The van der Waals surface area contributed by atoms with Crippen molar-refractivity contribution in [1.82, 2.24) is 10.1 Å². The quantitative estimate of drug-likeness (QED) is 0.938. The molecule has 118 valence electrons. The van der Waals surface area contributed by atoms with E-state index >= 15 is 0 Å². The standard InChI is InChI=1S/C13H12F3N3O3/c1-3-21-10-6-8(4-5-9(10)17-7(2)20)11-18-12(22-19-11)13(14,15)16/h4-6H,3H2,1-2H3,(H,17,20). The van der Waals surface area contributed by atoms with Crippen molar-refractivity contribution >= 4 is 11.6 Å². The summed E-state index contributed by atoms with van der Waals surface area (Å²) >= 11 is 0. The predicted octanol–water partition coefficient (Wildman–Crippen LogP) is 3.11. The van der Waals surface area contributed by atoms with Gasteiger partial charge in [0.15, 0.2) is 0 Å². The molecule has 0 saturated heterocycles. The largest absolute Gasteiger partial charge is 0.492 e. The summed E-state index contributed by atoms with van der Waals surface area (Å²) < 4.78 is 46.9. The fourth-order valence-corrected chi connectivity index (χ4v) is 1.69. The minimum Gasteiger partial charge on any atom is -0.492 e. The van der Waals surface area contributed by atoms with Crippen LogP contribution in [0.3, 0.4) is 0 Å². The molecule has 0 spiro atoms. The first kappa shape index (κ1) is 15.8. The van der Waals surface area contributed by atoms with Gasteiger partial charge in [-0.1, -0.05) is 5.16 Å². The topological polar surface area (TPSA) is 77.2 Å². The number of nitrogens with one attached hydrogen (secondary N) is 1. The van der Waals surface area contributed by atoms with Gasteiger partial charge in [-0.3, -0.25) is 4.79 Å². The lowest BCUT2D eigenvalue weighted by Gasteiger charge is -2.11. The van der Waals surface area contributed by atoms with Gasteiger partial charge in [0.1, 0.15) is 5.75 Å². The molecular formula is C13H12F3N3O3. The van der Waals surface area contributed by atoms with E-state index in [1.807, 2.05) is 0 Å². The highest BCUT2D eigenvalue weighted by atomic mass is 19.4. The fourth-order valence-electron chi connectivity index (χ4n) is 1.69. The lowest BCUT2D eigenvalue weighted by Crippen LogP contribution is -2.08. The van der Waals surface area contributed by atoms with Crippen LogP contribution in [0.2, 0.25) is 0 Å². The summed E-state index contributed by atoms with van der Waals surface area (Å²) in [5.74, 6) is -1.64. The number of halogens is 3. The molecule has 1 heterocycles. The van der Waals surface area contributed by atoms with Gasteiger partial charge in [-0.15, -0.1) is 0 Å². The molecule has 1 N–H and O–H groups in total. The summed E-state index contributed by atoms with van der Waals surface area (Å²) in [6.07, 6.45) is -4.70. The third kappa shape index (κ3) is 3.54. The van der Waals surface area contributed by atoms with Crippen LogP contribution in [-0.4, -0.2) is 22.7 Å². The van der Waals surface area contributed by atoms with Gasteiger partial charge in [-0.2, -0.15) is 18.2 Å². The molecule has 0 atom stereocenters. The summed E-state index contributed by atoms with van der Waals surface area (Å²) in [5.41, 5.74) is 0.675. The van der Waals surface area contributed by atoms with E-state index < -0.39 is 12.1 Å². The number of hydrogen-bond acceptors (Lipinski definition) is 5. The molecule has 2 rings (SSSR count). The number of hydrogen-bond donors (Lipinski definition) is 1. The molecule has 0 radical (unpaired) electrons. The van der Waals surface area contributed by atoms with Crippen molar-refractivity contribution in [2.24, 2.45) is 0 Å². The van der Waals surface area contributed by atoms with Crippen LogP contribution in [0.15, 0.2) is 22.7 Å². The van der Waals surface area contributed by atoms with Crippen LogP contribution in [0.1, 0.15) is 19.7 Å². The van der Waals surface area contributed by atoms with E-state index in [0.717, 1.165) is 0 Å². The molecule has 0 aliphatic heterocycles. The molecule has 1 aromatic carbocycles. The van der Waals surface area contributed by atoms with Gasteiger partial charge in [0, 0.05) is 12.5 Å². The Morgan fingerprint density at radius 1 is 1.41 bits per heavy atom. The average molecular weight is 315 g/mol. The molecule has 0 aliphatic rings. The number of aromatic nitrogens is 2. The molecule has 0 fully saturated rings. The summed E-state index contributed by atoms with van der Waals surface area (Å²) in [4.78, 5) is 14.4. The van der Waals surface area contributed by atoms with E-state index in [4.69, 9.17) is 4.74 Å². The number of carbonyl (C=O) groups excluding carboxylic acids is 1. The molecule has 0 saturated carbocycles. The number of benzene rings is 1. The summed E-state index contributed by atoms with van der Waals surface area (Å²) in [6.45, 7) is 3.38. The number of rotatable bonds is 4. The normalized spacial score (nSPS) is 11.3. The second-order valence-electron chi connectivity index (χ2n) is 4.25. The SMILES string of the molecule is CCOc1cc(-c2noc(C(F)(F)F)n2)ccc1NC(C)=O. The van der Waals surface area contributed by atoms with Gasteiger partial charge < -0.3 is 14.6 Å². The maximum atomic E-state index is 12.5. The minimum atomic E-state index is -4.70. The Morgan fingerprint density at radius 2 is 2.14 bits per heavy atom. The summed E-state index contributed by atoms with van der Waals surface area (Å²) in [6, 6.07) is 4.38. The highest BCUT2D eigenvalue weighted by Crippen LogP contribution is 2.32. The minimum absolute atomic E-state index is 0.220. The van der Waals surface area contributed by atoms with Crippen molar-refractivity contribution in [3.63, 3.8) is 0 Å². The number of anilines is 1. The van der Waals surface area contributed by atoms with E-state index in [-0.39, 0.29) is 17.3 Å². The third-order valence-corrected chi connectivity index (χ3v) is 2.52. The van der Waals surface area contributed by atoms with Crippen molar-refractivity contribution in [1.29, 1.82) is 0 Å². The smallest absolute Gasteiger partial charge is 0.471 e. The Kier molecular flexibility index (Phi) is 4.34. The zero-order valence-corrected chi connectivity index (χ0v) is 11.7. The summed E-state index contributed by atoms with van der Waals surface area (Å²) in [5, 5.41) is 5.85. The lowest BCUT2D eigenvalue weighted by molar-refractivity contribution is -0.159. The Balaban J connectivity index is 2.37. The first-order valence-corrected chi connectivity index (χ1v) is 6.27. The monoisotopic (exact) mass is 315 g/mol. The van der Waals surface area contributed by atoms with Crippen molar-refractivity contribution < 1.29 is 27.2 Å². The molecule has 22 heavy (non-hydrogen) atoms. The second-order valence-corrected chi connectivity index (χ2v) is 4.25. The van der Waals surface area contributed by atoms with Crippen LogP contribution >= 0.6 is 0 Å². The van der Waals surface area contributed by atoms with Crippen LogP contribution in [0.25, 0.3) is 11.4 Å². The Labute approximate surface area is 123 Å². The highest BCUT2D eigenvalue weighted by Gasteiger charge is 2.38. The first-order valence-electron chi connectivity index (χ1n) is 6.27. The van der Waals surface area contributed by atoms with Crippen LogP contribution < -0.4 is 10.1 Å². The van der Waals surface area contributed by atoms with Gasteiger partial charge in [-0.05, 0) is 25.1 Å². The predicted molar refractivity (Wildman–Crippen MR) is 70.2 cm³/mol. The molecule has 0 bridgehead atoms. The molecule has 1 aromatic heterocycles. The van der Waals surface area contributed by atoms with E-state index in [2.05, 4.69) is 20.0 Å². The van der Waals surface area contributed by atoms with E-state index in [0.29, 0.717) is 18.0 Å². The van der Waals surface area contributed by atoms with Crippen LogP contribution in [0, 0.1) is 0 Å². The van der Waals surface area contributed by atoms with Gasteiger partial charge in [-0.25, -0.2) is 0 Å². The highest BCUT2D eigenvalue weighted by molar-refractivity contribution is 5.90. The van der Waals surface area contributed by atoms with E-state index in [1.54, 1.807) is 6.92 Å². The van der Waals surface area contributed by atoms with Crippen molar-refractivity contribution in [3.05, 3.63) is 24.1 Å². The fraction of sp³-hybridized carbons (Fsp3) is 0.308. The lowest BCUT2D eigenvalue weighted by atomic mass is 10.1. The van der Waals surface area contributed by atoms with E-state index in [1.165, 1.54) is 25.1 Å². The maximum Gasteiger partial charge on any atom is 0.471 e. The number of alkyl halides is 3. The van der Waals surface area contributed by atoms with Gasteiger partial charge in [0.2, 0.25) is 11.7 Å². The number of carbonyl (C=O) groups is 1. The molecule has 6 nitrogen and oxygen atoms in total. The molecule has 9 heteroatoms. The van der Waals surface area contributed by atoms with Crippen molar-refractivity contribution in [2.45, 2.75) is 20.0 Å². The molecular weight excluding hydrogens is 303 g/mol. The van der Waals surface area contributed by atoms with Crippen LogP contribution in [-0.2, 0) is 11.0 Å².